The van der Waals surface area contributed by atoms with Gasteiger partial charge in [0.05, 0.1) is 18.3 Å². The number of aromatic nitrogens is 1. The van der Waals surface area contributed by atoms with Crippen molar-refractivity contribution in [2.75, 3.05) is 13.2 Å². The Kier molecular flexibility index (Phi) is 4.19. The Balaban J connectivity index is 1.79. The molecule has 0 bridgehead atoms. The highest BCUT2D eigenvalue weighted by molar-refractivity contribution is 8.14. The Labute approximate surface area is 147 Å². The molecule has 1 saturated heterocycles. The summed E-state index contributed by atoms with van der Waals surface area (Å²) in [5, 5.41) is 1.70. The summed E-state index contributed by atoms with van der Waals surface area (Å²) in [5.74, 6) is 0.951. The lowest BCUT2D eigenvalue weighted by atomic mass is 9.95. The molecule has 1 aromatic heterocycles. The predicted octanol–water partition coefficient (Wildman–Crippen LogP) is 4.07. The van der Waals surface area contributed by atoms with Crippen molar-refractivity contribution in [3.8, 4) is 5.75 Å². The number of hydrogen-bond donors (Lipinski definition) is 0. The van der Waals surface area contributed by atoms with Gasteiger partial charge in [-0.15, -0.1) is 0 Å². The van der Waals surface area contributed by atoms with Crippen molar-refractivity contribution in [1.82, 2.24) is 9.88 Å². The van der Waals surface area contributed by atoms with E-state index in [9.17, 15) is 0 Å². The standard InChI is InChI=1S/C19H21N3OS/c1-3-23-16-10-5-4-8-14(16)18-17(15-9-6-7-11-20-15)21-19-22(18)12-13(2)24-19/h4-11,13,17-18H,3,12H2,1-2H3/t13-,17+,18-/m1/s1. The quantitative estimate of drug-likeness (QED) is 0.841. The van der Waals surface area contributed by atoms with E-state index in [1.54, 1.807) is 0 Å². The summed E-state index contributed by atoms with van der Waals surface area (Å²) >= 11 is 1.86. The van der Waals surface area contributed by atoms with E-state index in [-0.39, 0.29) is 12.1 Å². The van der Waals surface area contributed by atoms with Gasteiger partial charge in [0.2, 0.25) is 0 Å². The molecule has 3 heterocycles. The van der Waals surface area contributed by atoms with Crippen LogP contribution < -0.4 is 4.74 Å². The number of fused-ring (bicyclic) bond motifs is 1. The van der Waals surface area contributed by atoms with Gasteiger partial charge in [0.1, 0.15) is 11.8 Å². The zero-order valence-corrected chi connectivity index (χ0v) is 14.7. The Morgan fingerprint density at radius 3 is 2.83 bits per heavy atom. The number of benzene rings is 1. The van der Waals surface area contributed by atoms with E-state index in [0.29, 0.717) is 11.9 Å². The monoisotopic (exact) mass is 339 g/mol. The number of rotatable bonds is 4. The van der Waals surface area contributed by atoms with Gasteiger partial charge in [-0.2, -0.15) is 0 Å². The Morgan fingerprint density at radius 1 is 1.21 bits per heavy atom. The van der Waals surface area contributed by atoms with Crippen molar-refractivity contribution in [2.24, 2.45) is 4.99 Å². The van der Waals surface area contributed by atoms with E-state index in [1.807, 2.05) is 43.1 Å². The van der Waals surface area contributed by atoms with Gasteiger partial charge >= 0.3 is 0 Å². The number of nitrogens with zero attached hydrogens (tertiary/aromatic N) is 3. The number of ether oxygens (including phenoxy) is 1. The van der Waals surface area contributed by atoms with Crippen molar-refractivity contribution in [2.45, 2.75) is 31.2 Å². The molecule has 0 N–H and O–H groups in total. The topological polar surface area (TPSA) is 37.7 Å². The first-order chi connectivity index (χ1) is 11.8. The van der Waals surface area contributed by atoms with Gasteiger partial charge in [-0.1, -0.05) is 43.0 Å². The summed E-state index contributed by atoms with van der Waals surface area (Å²) in [6, 6.07) is 14.6. The second-order valence-corrected chi connectivity index (χ2v) is 7.51. The van der Waals surface area contributed by atoms with Crippen molar-refractivity contribution in [1.29, 1.82) is 0 Å². The van der Waals surface area contributed by atoms with E-state index < -0.39 is 0 Å². The third-order valence-corrected chi connectivity index (χ3v) is 5.52. The van der Waals surface area contributed by atoms with Gasteiger partial charge in [0.25, 0.3) is 0 Å². The highest BCUT2D eigenvalue weighted by Crippen LogP contribution is 2.49. The fraction of sp³-hybridized carbons (Fsp3) is 0.368. The zero-order valence-electron chi connectivity index (χ0n) is 13.9. The molecule has 4 rings (SSSR count). The normalized spacial score (nSPS) is 25.5. The Hall–Kier alpha value is -2.01. The summed E-state index contributed by atoms with van der Waals surface area (Å²) in [6.07, 6.45) is 1.85. The molecule has 0 saturated carbocycles. The van der Waals surface area contributed by atoms with Gasteiger partial charge in [-0.05, 0) is 25.1 Å². The van der Waals surface area contributed by atoms with Gasteiger partial charge < -0.3 is 9.64 Å². The van der Waals surface area contributed by atoms with Crippen LogP contribution in [-0.4, -0.2) is 33.5 Å². The molecule has 2 aliphatic rings. The third kappa shape index (κ3) is 2.67. The Bertz CT molecular complexity index is 749. The van der Waals surface area contributed by atoms with Crippen LogP contribution in [0.15, 0.2) is 53.7 Å². The molecule has 0 aliphatic carbocycles. The SMILES string of the molecule is CCOc1ccccc1[C@@H]1[C@H](c2ccccn2)N=C2S[C@H](C)CN21. The summed E-state index contributed by atoms with van der Waals surface area (Å²) in [5.41, 5.74) is 2.22. The smallest absolute Gasteiger partial charge is 0.160 e. The summed E-state index contributed by atoms with van der Waals surface area (Å²) in [7, 11) is 0. The lowest BCUT2D eigenvalue weighted by Crippen LogP contribution is -2.29. The molecular formula is C19H21N3OS. The van der Waals surface area contributed by atoms with Crippen LogP contribution in [0.1, 0.15) is 37.2 Å². The fourth-order valence-corrected chi connectivity index (χ4v) is 4.56. The lowest BCUT2D eigenvalue weighted by Gasteiger charge is -2.28. The minimum atomic E-state index is 0.0165. The second-order valence-electron chi connectivity index (χ2n) is 6.11. The van der Waals surface area contributed by atoms with Crippen molar-refractivity contribution >= 4 is 16.9 Å². The van der Waals surface area contributed by atoms with E-state index in [4.69, 9.17) is 9.73 Å². The molecular weight excluding hydrogens is 318 g/mol. The van der Waals surface area contributed by atoms with Gasteiger partial charge in [-0.25, -0.2) is 0 Å². The maximum absolute atomic E-state index is 5.90. The van der Waals surface area contributed by atoms with E-state index in [0.717, 1.165) is 23.2 Å². The van der Waals surface area contributed by atoms with Crippen LogP contribution in [0.5, 0.6) is 5.75 Å². The summed E-state index contributed by atoms with van der Waals surface area (Å²) in [4.78, 5) is 12.0. The molecule has 5 heteroatoms. The van der Waals surface area contributed by atoms with Crippen LogP contribution in [0.2, 0.25) is 0 Å². The average Bonchev–Trinajstić information content (AvgIpc) is 3.12. The number of hydrogen-bond acceptors (Lipinski definition) is 5. The summed E-state index contributed by atoms with van der Waals surface area (Å²) < 4.78 is 5.90. The molecule has 1 fully saturated rings. The predicted molar refractivity (Wildman–Crippen MR) is 98.5 cm³/mol. The van der Waals surface area contributed by atoms with Crippen LogP contribution >= 0.6 is 11.8 Å². The molecule has 24 heavy (non-hydrogen) atoms. The average molecular weight is 339 g/mol. The number of amidine groups is 1. The van der Waals surface area contributed by atoms with Crippen LogP contribution in [0, 0.1) is 0 Å². The zero-order chi connectivity index (χ0) is 16.5. The minimum Gasteiger partial charge on any atom is -0.494 e. The number of para-hydroxylation sites is 1. The minimum absolute atomic E-state index is 0.0165. The number of pyridine rings is 1. The van der Waals surface area contributed by atoms with E-state index in [2.05, 4.69) is 41.1 Å². The lowest BCUT2D eigenvalue weighted by molar-refractivity contribution is 0.292. The molecule has 0 radical (unpaired) electrons. The van der Waals surface area contributed by atoms with Gasteiger partial charge in [0.15, 0.2) is 5.17 Å². The largest absolute Gasteiger partial charge is 0.494 e. The molecule has 0 spiro atoms. The van der Waals surface area contributed by atoms with Gasteiger partial charge in [0, 0.05) is 23.6 Å². The summed E-state index contributed by atoms with van der Waals surface area (Å²) in [6.45, 7) is 5.96. The number of thioether (sulfide) groups is 1. The molecule has 1 aromatic carbocycles. The van der Waals surface area contributed by atoms with E-state index in [1.165, 1.54) is 5.56 Å². The van der Waals surface area contributed by atoms with Crippen LogP contribution in [0.3, 0.4) is 0 Å². The van der Waals surface area contributed by atoms with Crippen molar-refractivity contribution in [3.05, 3.63) is 59.9 Å². The molecule has 4 nitrogen and oxygen atoms in total. The van der Waals surface area contributed by atoms with E-state index >= 15 is 0 Å². The van der Waals surface area contributed by atoms with Crippen molar-refractivity contribution in [3.63, 3.8) is 0 Å². The first-order valence-corrected chi connectivity index (χ1v) is 9.29. The molecule has 2 aliphatic heterocycles. The van der Waals surface area contributed by atoms with Crippen molar-refractivity contribution < 1.29 is 4.74 Å². The molecule has 124 valence electrons. The Morgan fingerprint density at radius 2 is 2.04 bits per heavy atom. The first-order valence-electron chi connectivity index (χ1n) is 8.41. The van der Waals surface area contributed by atoms with Gasteiger partial charge in [-0.3, -0.25) is 9.98 Å². The van der Waals surface area contributed by atoms with Crippen LogP contribution in [0.4, 0.5) is 0 Å². The maximum Gasteiger partial charge on any atom is 0.160 e. The highest BCUT2D eigenvalue weighted by Gasteiger charge is 2.44. The van der Waals surface area contributed by atoms with Crippen LogP contribution in [-0.2, 0) is 0 Å². The fourth-order valence-electron chi connectivity index (χ4n) is 3.47. The molecule has 3 atom stereocenters. The maximum atomic E-state index is 5.90. The first kappa shape index (κ1) is 15.5. The van der Waals surface area contributed by atoms with Crippen LogP contribution in [0.25, 0.3) is 0 Å². The highest BCUT2D eigenvalue weighted by atomic mass is 32.2. The molecule has 0 unspecified atom stereocenters. The second kappa shape index (κ2) is 6.48. The number of aliphatic imine (C=N–C) groups is 1. The molecule has 0 amide bonds. The molecule has 2 aromatic rings. The third-order valence-electron chi connectivity index (χ3n) is 4.42.